The van der Waals surface area contributed by atoms with E-state index in [4.69, 9.17) is 4.74 Å². The molecular formula is C58H111NO5. The van der Waals surface area contributed by atoms with Crippen molar-refractivity contribution in [2.75, 3.05) is 6.61 Å². The van der Waals surface area contributed by atoms with Gasteiger partial charge in [-0.2, -0.15) is 0 Å². The first-order valence-corrected chi connectivity index (χ1v) is 28.6. The third kappa shape index (κ3) is 46.9. The molecule has 3 unspecified atom stereocenters. The Morgan fingerprint density at radius 3 is 1.19 bits per heavy atom. The van der Waals surface area contributed by atoms with Gasteiger partial charge >= 0.3 is 5.97 Å². The van der Waals surface area contributed by atoms with Crippen LogP contribution < -0.4 is 5.32 Å². The molecule has 0 rings (SSSR count). The molecule has 1 amide bonds. The maximum absolute atomic E-state index is 13.2. The molecule has 0 aromatic heterocycles. The van der Waals surface area contributed by atoms with Crippen LogP contribution >= 0.6 is 0 Å². The second kappa shape index (κ2) is 52.3. The largest absolute Gasteiger partial charge is 0.462 e. The Kier molecular flexibility index (Phi) is 51.0. The highest BCUT2D eigenvalue weighted by atomic mass is 16.5. The number of hydrogen-bond acceptors (Lipinski definition) is 5. The smallest absolute Gasteiger partial charge is 0.306 e. The van der Waals surface area contributed by atoms with Crippen molar-refractivity contribution in [2.24, 2.45) is 0 Å². The molecule has 0 fully saturated rings. The Bertz CT molecular complexity index is 1010. The van der Waals surface area contributed by atoms with Crippen molar-refractivity contribution >= 4 is 11.9 Å². The van der Waals surface area contributed by atoms with Crippen molar-refractivity contribution in [2.45, 2.75) is 328 Å². The van der Waals surface area contributed by atoms with E-state index < -0.39 is 18.2 Å². The number of amides is 1. The number of aliphatic hydroxyl groups is 2. The van der Waals surface area contributed by atoms with Crippen LogP contribution in [0.5, 0.6) is 0 Å². The molecule has 0 aliphatic heterocycles. The van der Waals surface area contributed by atoms with E-state index in [0.717, 1.165) is 70.6 Å². The predicted octanol–water partition coefficient (Wildman–Crippen LogP) is 17.5. The maximum Gasteiger partial charge on any atom is 0.306 e. The molecule has 378 valence electrons. The Morgan fingerprint density at radius 2 is 0.781 bits per heavy atom. The molecule has 0 saturated carbocycles. The molecule has 64 heavy (non-hydrogen) atoms. The van der Waals surface area contributed by atoms with Gasteiger partial charge in [-0.1, -0.05) is 270 Å². The van der Waals surface area contributed by atoms with E-state index in [1.807, 2.05) is 0 Å². The summed E-state index contributed by atoms with van der Waals surface area (Å²) in [5.41, 5.74) is 0. The van der Waals surface area contributed by atoms with Crippen LogP contribution in [0.25, 0.3) is 0 Å². The summed E-state index contributed by atoms with van der Waals surface area (Å²) in [6.45, 7) is 6.48. The molecule has 6 nitrogen and oxygen atoms in total. The van der Waals surface area contributed by atoms with Gasteiger partial charge in [-0.25, -0.2) is 0 Å². The molecule has 0 aliphatic rings. The number of allylic oxidation sites excluding steroid dienone is 4. The van der Waals surface area contributed by atoms with E-state index in [1.54, 1.807) is 0 Å². The van der Waals surface area contributed by atoms with Gasteiger partial charge in [0.05, 0.1) is 25.2 Å². The summed E-state index contributed by atoms with van der Waals surface area (Å²) in [7, 11) is 0. The molecule has 0 aromatic carbocycles. The van der Waals surface area contributed by atoms with Crippen LogP contribution in [0.15, 0.2) is 24.3 Å². The predicted molar refractivity (Wildman–Crippen MR) is 278 cm³/mol. The second-order valence-electron chi connectivity index (χ2n) is 19.7. The van der Waals surface area contributed by atoms with Crippen LogP contribution in [0.1, 0.15) is 310 Å². The minimum atomic E-state index is -0.789. The zero-order valence-electron chi connectivity index (χ0n) is 43.2. The molecule has 0 aliphatic carbocycles. The van der Waals surface area contributed by atoms with Gasteiger partial charge in [0.1, 0.15) is 6.10 Å². The zero-order chi connectivity index (χ0) is 46.7. The van der Waals surface area contributed by atoms with Crippen molar-refractivity contribution < 1.29 is 24.5 Å². The summed E-state index contributed by atoms with van der Waals surface area (Å²) in [4.78, 5) is 26.2. The third-order valence-electron chi connectivity index (χ3n) is 13.3. The lowest BCUT2D eigenvalue weighted by molar-refractivity contribution is -0.151. The molecule has 0 aromatic rings. The summed E-state index contributed by atoms with van der Waals surface area (Å²) in [6, 6.07) is -0.704. The topological polar surface area (TPSA) is 95.9 Å². The first-order chi connectivity index (χ1) is 31.5. The first-order valence-electron chi connectivity index (χ1n) is 28.6. The normalized spacial score (nSPS) is 13.3. The molecular weight excluding hydrogens is 791 g/mol. The van der Waals surface area contributed by atoms with Crippen LogP contribution in [-0.2, 0) is 14.3 Å². The first kappa shape index (κ1) is 62.3. The van der Waals surface area contributed by atoms with E-state index >= 15 is 0 Å². The average molecular weight is 903 g/mol. The van der Waals surface area contributed by atoms with Gasteiger partial charge in [-0.15, -0.1) is 0 Å². The Labute approximate surface area is 399 Å². The maximum atomic E-state index is 13.2. The minimum Gasteiger partial charge on any atom is -0.462 e. The number of carbonyl (C=O) groups excluding carboxylic acids is 2. The van der Waals surface area contributed by atoms with Crippen LogP contribution in [0, 0.1) is 0 Å². The van der Waals surface area contributed by atoms with Crippen molar-refractivity contribution in [3.05, 3.63) is 24.3 Å². The molecule has 0 saturated heterocycles. The monoisotopic (exact) mass is 902 g/mol. The number of nitrogens with one attached hydrogen (secondary N) is 1. The number of carbonyl (C=O) groups is 2. The lowest BCUT2D eigenvalue weighted by atomic mass is 10.0. The highest BCUT2D eigenvalue weighted by molar-refractivity contribution is 5.77. The van der Waals surface area contributed by atoms with Gasteiger partial charge in [0, 0.05) is 6.42 Å². The van der Waals surface area contributed by atoms with Gasteiger partial charge < -0.3 is 20.3 Å². The number of ether oxygens (including phenoxy) is 1. The molecule has 6 heteroatoms. The number of rotatable bonds is 52. The highest BCUT2D eigenvalue weighted by Crippen LogP contribution is 2.19. The van der Waals surface area contributed by atoms with Crippen molar-refractivity contribution in [3.8, 4) is 0 Å². The average Bonchev–Trinajstić information content (AvgIpc) is 3.29. The van der Waals surface area contributed by atoms with E-state index in [0.29, 0.717) is 19.3 Å². The molecule has 0 bridgehead atoms. The number of esters is 1. The van der Waals surface area contributed by atoms with Crippen molar-refractivity contribution in [1.29, 1.82) is 0 Å². The summed E-state index contributed by atoms with van der Waals surface area (Å²) < 4.78 is 5.95. The Hall–Kier alpha value is -1.66. The van der Waals surface area contributed by atoms with Crippen molar-refractivity contribution in [1.82, 2.24) is 5.32 Å². The molecule has 0 spiro atoms. The molecule has 0 radical (unpaired) electrons. The van der Waals surface area contributed by atoms with E-state index in [9.17, 15) is 19.8 Å². The minimum absolute atomic E-state index is 0.0697. The fraction of sp³-hybridized carbons (Fsp3) is 0.897. The van der Waals surface area contributed by atoms with Gasteiger partial charge in [0.15, 0.2) is 0 Å². The number of unbranched alkanes of at least 4 members (excludes halogenated alkanes) is 37. The summed E-state index contributed by atoms with van der Waals surface area (Å²) in [6.07, 6.45) is 61.0. The van der Waals surface area contributed by atoms with E-state index in [-0.39, 0.29) is 24.9 Å². The summed E-state index contributed by atoms with van der Waals surface area (Å²) in [5, 5.41) is 23.8. The zero-order valence-corrected chi connectivity index (χ0v) is 43.2. The van der Waals surface area contributed by atoms with Crippen LogP contribution in [0.3, 0.4) is 0 Å². The number of hydrogen-bond donors (Lipinski definition) is 3. The third-order valence-corrected chi connectivity index (χ3v) is 13.3. The highest BCUT2D eigenvalue weighted by Gasteiger charge is 2.24. The number of aliphatic hydroxyl groups excluding tert-OH is 2. The SMILES string of the molecule is CCCCC/C=C/C=C/CCCCCCC(CC(=O)NC(CO)C(O)CCCCCCCCCCCCCCCC)OC(=O)CCCCCCCCCCCCCCCCCCCC. The Morgan fingerprint density at radius 1 is 0.453 bits per heavy atom. The van der Waals surface area contributed by atoms with Crippen LogP contribution in [0.2, 0.25) is 0 Å². The van der Waals surface area contributed by atoms with Gasteiger partial charge in [-0.05, 0) is 51.4 Å². The van der Waals surface area contributed by atoms with Crippen molar-refractivity contribution in [3.63, 3.8) is 0 Å². The van der Waals surface area contributed by atoms with Gasteiger partial charge in [0.25, 0.3) is 0 Å². The molecule has 3 atom stereocenters. The quantitative estimate of drug-likeness (QED) is 0.0321. The van der Waals surface area contributed by atoms with Crippen LogP contribution in [-0.4, -0.2) is 46.9 Å². The second-order valence-corrected chi connectivity index (χ2v) is 19.7. The van der Waals surface area contributed by atoms with E-state index in [1.165, 1.54) is 193 Å². The lowest BCUT2D eigenvalue weighted by Gasteiger charge is -2.24. The summed E-state index contributed by atoms with van der Waals surface area (Å²) in [5.74, 6) is -0.475. The summed E-state index contributed by atoms with van der Waals surface area (Å²) >= 11 is 0. The molecule has 0 heterocycles. The standard InChI is InChI=1S/C58H111NO5/c1-4-7-10-13-16-19-22-25-27-28-29-30-33-36-39-42-45-48-51-58(63)64-54(49-46-43-40-37-34-31-24-21-18-15-12-9-6-3)52-57(62)59-55(53-60)56(61)50-47-44-41-38-35-32-26-23-20-17-14-11-8-5-2/h18,21,24,31,54-56,60-61H,4-17,19-20,22-23,25-30,32-53H2,1-3H3,(H,59,62)/b21-18+,31-24+. The lowest BCUT2D eigenvalue weighted by Crippen LogP contribution is -2.46. The Balaban J connectivity index is 4.50. The van der Waals surface area contributed by atoms with Gasteiger partial charge in [0.2, 0.25) is 5.91 Å². The fourth-order valence-corrected chi connectivity index (χ4v) is 8.95. The molecule has 3 N–H and O–H groups in total. The van der Waals surface area contributed by atoms with E-state index in [2.05, 4.69) is 50.4 Å². The van der Waals surface area contributed by atoms with Gasteiger partial charge in [-0.3, -0.25) is 9.59 Å². The fourth-order valence-electron chi connectivity index (χ4n) is 8.95. The van der Waals surface area contributed by atoms with Crippen LogP contribution in [0.4, 0.5) is 0 Å².